The normalized spacial score (nSPS) is 19.5. The van der Waals surface area contributed by atoms with Crippen molar-refractivity contribution in [2.24, 2.45) is 5.92 Å². The number of likely N-dealkylation sites (tertiary alicyclic amines) is 1. The Morgan fingerprint density at radius 1 is 1.03 bits per heavy atom. The van der Waals surface area contributed by atoms with Crippen molar-refractivity contribution < 1.29 is 9.32 Å². The molecule has 5 rings (SSSR count). The maximum atomic E-state index is 12.8. The highest BCUT2D eigenvalue weighted by atomic mass is 16.5. The molecule has 2 heterocycles. The van der Waals surface area contributed by atoms with Crippen molar-refractivity contribution in [2.75, 3.05) is 13.1 Å². The van der Waals surface area contributed by atoms with Crippen LogP contribution in [0.5, 0.6) is 0 Å². The first kappa shape index (κ1) is 19.0. The first-order valence-corrected chi connectivity index (χ1v) is 10.7. The quantitative estimate of drug-likeness (QED) is 0.704. The summed E-state index contributed by atoms with van der Waals surface area (Å²) in [4.78, 5) is 19.6. The van der Waals surface area contributed by atoms with Gasteiger partial charge in [0.15, 0.2) is 0 Å². The predicted molar refractivity (Wildman–Crippen MR) is 113 cm³/mol. The summed E-state index contributed by atoms with van der Waals surface area (Å²) < 4.78 is 5.44. The molecule has 30 heavy (non-hydrogen) atoms. The Kier molecular flexibility index (Phi) is 5.32. The molecule has 6 nitrogen and oxygen atoms in total. The van der Waals surface area contributed by atoms with Crippen molar-refractivity contribution in [1.29, 1.82) is 0 Å². The molecule has 1 aromatic heterocycles. The standard InChI is InChI=1S/C24H26N4O2/c29-24(25-21-11-10-17-6-4-5-9-20(17)21)19-12-14-28(15-13-19)16-22-26-23(27-30-22)18-7-2-1-3-8-18/h1-9,19,21H,10-16H2,(H,25,29)/t21-/m1/s1. The highest BCUT2D eigenvalue weighted by Gasteiger charge is 2.29. The Bertz CT molecular complexity index is 1010. The Morgan fingerprint density at radius 2 is 1.80 bits per heavy atom. The van der Waals surface area contributed by atoms with E-state index in [-0.39, 0.29) is 17.9 Å². The summed E-state index contributed by atoms with van der Waals surface area (Å²) in [5, 5.41) is 7.39. The topological polar surface area (TPSA) is 71.3 Å². The zero-order valence-electron chi connectivity index (χ0n) is 17.0. The zero-order valence-corrected chi connectivity index (χ0v) is 17.0. The van der Waals surface area contributed by atoms with Crippen molar-refractivity contribution >= 4 is 5.91 Å². The molecule has 3 aromatic rings. The van der Waals surface area contributed by atoms with E-state index in [1.165, 1.54) is 11.1 Å². The van der Waals surface area contributed by atoms with Crippen LogP contribution in [0, 0.1) is 5.92 Å². The average molecular weight is 402 g/mol. The van der Waals surface area contributed by atoms with E-state index < -0.39 is 0 Å². The van der Waals surface area contributed by atoms with Gasteiger partial charge in [-0.05, 0) is 49.9 Å². The summed E-state index contributed by atoms with van der Waals surface area (Å²) >= 11 is 0. The van der Waals surface area contributed by atoms with Crippen LogP contribution >= 0.6 is 0 Å². The van der Waals surface area contributed by atoms with E-state index >= 15 is 0 Å². The molecule has 6 heteroatoms. The largest absolute Gasteiger partial charge is 0.349 e. The summed E-state index contributed by atoms with van der Waals surface area (Å²) in [7, 11) is 0. The average Bonchev–Trinajstić information content (AvgIpc) is 3.42. The van der Waals surface area contributed by atoms with Crippen molar-refractivity contribution in [3.05, 3.63) is 71.6 Å². The van der Waals surface area contributed by atoms with Crippen molar-refractivity contribution in [2.45, 2.75) is 38.3 Å². The maximum Gasteiger partial charge on any atom is 0.241 e. The van der Waals surface area contributed by atoms with E-state index in [1.807, 2.05) is 30.3 Å². The molecule has 1 saturated heterocycles. The van der Waals surface area contributed by atoms with Crippen LogP contribution in [0.15, 0.2) is 59.1 Å². The summed E-state index contributed by atoms with van der Waals surface area (Å²) in [5.41, 5.74) is 3.61. The Hall–Kier alpha value is -2.99. The van der Waals surface area contributed by atoms with Gasteiger partial charge in [0, 0.05) is 11.5 Å². The van der Waals surface area contributed by atoms with Crippen LogP contribution in [-0.2, 0) is 17.8 Å². The van der Waals surface area contributed by atoms with Gasteiger partial charge in [0.2, 0.25) is 17.6 Å². The van der Waals surface area contributed by atoms with Gasteiger partial charge in [-0.15, -0.1) is 0 Å². The van der Waals surface area contributed by atoms with Gasteiger partial charge in [-0.25, -0.2) is 0 Å². The number of fused-ring (bicyclic) bond motifs is 1. The van der Waals surface area contributed by atoms with Crippen LogP contribution in [-0.4, -0.2) is 34.0 Å². The van der Waals surface area contributed by atoms with Crippen LogP contribution in [0.25, 0.3) is 11.4 Å². The second-order valence-electron chi connectivity index (χ2n) is 8.23. The highest BCUT2D eigenvalue weighted by Crippen LogP contribution is 2.31. The van der Waals surface area contributed by atoms with Crippen LogP contribution in [0.2, 0.25) is 0 Å². The minimum absolute atomic E-state index is 0.0802. The zero-order chi connectivity index (χ0) is 20.3. The molecule has 1 N–H and O–H groups in total. The van der Waals surface area contributed by atoms with Gasteiger partial charge in [-0.2, -0.15) is 4.98 Å². The minimum atomic E-state index is 0.0802. The Morgan fingerprint density at radius 3 is 2.63 bits per heavy atom. The third kappa shape index (κ3) is 4.00. The van der Waals surface area contributed by atoms with Crippen molar-refractivity contribution in [3.8, 4) is 11.4 Å². The monoisotopic (exact) mass is 402 g/mol. The fraction of sp³-hybridized carbons (Fsp3) is 0.375. The first-order chi connectivity index (χ1) is 14.8. The molecule has 0 radical (unpaired) electrons. The lowest BCUT2D eigenvalue weighted by atomic mass is 9.95. The van der Waals surface area contributed by atoms with E-state index in [4.69, 9.17) is 4.52 Å². The van der Waals surface area contributed by atoms with Crippen LogP contribution < -0.4 is 5.32 Å². The van der Waals surface area contributed by atoms with Crippen molar-refractivity contribution in [3.63, 3.8) is 0 Å². The summed E-state index contributed by atoms with van der Waals surface area (Å²) in [6.07, 6.45) is 3.78. The molecule has 1 fully saturated rings. The molecular weight excluding hydrogens is 376 g/mol. The summed E-state index contributed by atoms with van der Waals surface area (Å²) in [5.74, 6) is 1.52. The molecule has 1 amide bonds. The van der Waals surface area contributed by atoms with Gasteiger partial charge in [-0.3, -0.25) is 9.69 Å². The molecule has 0 unspecified atom stereocenters. The van der Waals surface area contributed by atoms with E-state index in [0.717, 1.165) is 44.3 Å². The summed E-state index contributed by atoms with van der Waals surface area (Å²) in [6.45, 7) is 2.36. The van der Waals surface area contributed by atoms with Crippen LogP contribution in [0.3, 0.4) is 0 Å². The molecule has 154 valence electrons. The lowest BCUT2D eigenvalue weighted by molar-refractivity contribution is -0.127. The fourth-order valence-electron chi connectivity index (χ4n) is 4.56. The Balaban J connectivity index is 1.13. The molecular formula is C24H26N4O2. The van der Waals surface area contributed by atoms with Gasteiger partial charge in [0.25, 0.3) is 0 Å². The third-order valence-corrected chi connectivity index (χ3v) is 6.27. The van der Waals surface area contributed by atoms with E-state index in [1.54, 1.807) is 0 Å². The smallest absolute Gasteiger partial charge is 0.241 e. The van der Waals surface area contributed by atoms with Crippen molar-refractivity contribution in [1.82, 2.24) is 20.4 Å². The Labute approximate surface area is 176 Å². The van der Waals surface area contributed by atoms with E-state index in [2.05, 4.69) is 44.6 Å². The molecule has 0 saturated carbocycles. The number of nitrogens with zero attached hydrogens (tertiary/aromatic N) is 3. The molecule has 1 atom stereocenters. The third-order valence-electron chi connectivity index (χ3n) is 6.27. The molecule has 0 spiro atoms. The SMILES string of the molecule is O=C(N[C@@H]1CCc2ccccc21)C1CCN(Cc2nc(-c3ccccc3)no2)CC1. The summed E-state index contributed by atoms with van der Waals surface area (Å²) in [6, 6.07) is 18.5. The number of hydrogen-bond donors (Lipinski definition) is 1. The second-order valence-corrected chi connectivity index (χ2v) is 8.23. The predicted octanol–water partition coefficient (Wildman–Crippen LogP) is 3.75. The number of aromatic nitrogens is 2. The number of amides is 1. The minimum Gasteiger partial charge on any atom is -0.349 e. The lowest BCUT2D eigenvalue weighted by Crippen LogP contribution is -2.41. The van der Waals surface area contributed by atoms with Gasteiger partial charge >= 0.3 is 0 Å². The fourth-order valence-corrected chi connectivity index (χ4v) is 4.56. The number of aryl methyl sites for hydroxylation is 1. The van der Waals surface area contributed by atoms with Gasteiger partial charge in [-0.1, -0.05) is 59.8 Å². The highest BCUT2D eigenvalue weighted by molar-refractivity contribution is 5.79. The van der Waals surface area contributed by atoms with Crippen LogP contribution in [0.4, 0.5) is 0 Å². The van der Waals surface area contributed by atoms with E-state index in [9.17, 15) is 4.79 Å². The maximum absolute atomic E-state index is 12.8. The number of hydrogen-bond acceptors (Lipinski definition) is 5. The number of carbonyl (C=O) groups excluding carboxylic acids is 1. The van der Waals surface area contributed by atoms with Gasteiger partial charge < -0.3 is 9.84 Å². The molecule has 2 aliphatic rings. The number of rotatable bonds is 5. The number of carbonyl (C=O) groups is 1. The molecule has 1 aliphatic heterocycles. The molecule has 0 bridgehead atoms. The number of piperidine rings is 1. The number of benzene rings is 2. The number of nitrogens with one attached hydrogen (secondary N) is 1. The van der Waals surface area contributed by atoms with Gasteiger partial charge in [0.05, 0.1) is 12.6 Å². The molecule has 1 aliphatic carbocycles. The van der Waals surface area contributed by atoms with Crippen LogP contribution in [0.1, 0.15) is 42.3 Å². The van der Waals surface area contributed by atoms with Gasteiger partial charge in [0.1, 0.15) is 0 Å². The molecule has 2 aromatic carbocycles. The van der Waals surface area contributed by atoms with E-state index in [0.29, 0.717) is 18.3 Å². The lowest BCUT2D eigenvalue weighted by Gasteiger charge is -2.31. The first-order valence-electron chi connectivity index (χ1n) is 10.7. The second kappa shape index (κ2) is 8.40.